The van der Waals surface area contributed by atoms with E-state index in [4.69, 9.17) is 21.1 Å². The summed E-state index contributed by atoms with van der Waals surface area (Å²) in [5, 5.41) is 1.50. The Labute approximate surface area is 161 Å². The summed E-state index contributed by atoms with van der Waals surface area (Å²) < 4.78 is 10.8. The second-order valence-electron chi connectivity index (χ2n) is 5.61. The number of methoxy groups -OCH3 is 1. The van der Waals surface area contributed by atoms with E-state index >= 15 is 0 Å². The van der Waals surface area contributed by atoms with Crippen LogP contribution in [0.1, 0.15) is 5.56 Å². The highest BCUT2D eigenvalue weighted by molar-refractivity contribution is 6.33. The van der Waals surface area contributed by atoms with Crippen LogP contribution in [-0.4, -0.2) is 25.5 Å². The van der Waals surface area contributed by atoms with Gasteiger partial charge in [0.05, 0.1) is 17.8 Å². The van der Waals surface area contributed by atoms with Crippen LogP contribution in [0, 0.1) is 0 Å². The molecule has 0 radical (unpaired) electrons. The third-order valence-electron chi connectivity index (χ3n) is 3.81. The fourth-order valence-electron chi connectivity index (χ4n) is 2.59. The predicted octanol–water partition coefficient (Wildman–Crippen LogP) is 3.37. The minimum absolute atomic E-state index is 0.00303. The van der Waals surface area contributed by atoms with E-state index in [-0.39, 0.29) is 12.2 Å². The zero-order valence-corrected chi connectivity index (χ0v) is 15.3. The van der Waals surface area contributed by atoms with Gasteiger partial charge < -0.3 is 9.47 Å². The number of carbonyl (C=O) groups is 2. The number of ether oxygens (including phenoxy) is 2. The monoisotopic (exact) mass is 384 g/mol. The highest BCUT2D eigenvalue weighted by Crippen LogP contribution is 2.37. The quantitative estimate of drug-likeness (QED) is 0.471. The molecule has 7 heteroatoms. The minimum atomic E-state index is -0.495. The number of rotatable bonds is 6. The van der Waals surface area contributed by atoms with Crippen LogP contribution in [0.15, 0.2) is 60.7 Å². The van der Waals surface area contributed by atoms with E-state index < -0.39 is 11.8 Å². The number of amides is 2. The van der Waals surface area contributed by atoms with Crippen molar-refractivity contribution in [3.8, 4) is 11.5 Å². The van der Waals surface area contributed by atoms with Gasteiger partial charge in [0.1, 0.15) is 12.2 Å². The number of hydrogen-bond acceptors (Lipinski definition) is 4. The van der Waals surface area contributed by atoms with Crippen LogP contribution in [0.25, 0.3) is 6.08 Å². The predicted molar refractivity (Wildman–Crippen MR) is 104 cm³/mol. The van der Waals surface area contributed by atoms with Gasteiger partial charge in [0.25, 0.3) is 11.8 Å². The Bertz CT molecular complexity index is 925. The molecule has 1 heterocycles. The minimum Gasteiger partial charge on any atom is -0.493 e. The van der Waals surface area contributed by atoms with Crippen molar-refractivity contribution in [3.63, 3.8) is 0 Å². The summed E-state index contributed by atoms with van der Waals surface area (Å²) in [4.78, 5) is 24.9. The summed E-state index contributed by atoms with van der Waals surface area (Å²) in [6.07, 6.45) is 3.05. The van der Waals surface area contributed by atoms with Crippen molar-refractivity contribution in [3.05, 3.63) is 71.3 Å². The van der Waals surface area contributed by atoms with Crippen LogP contribution >= 0.6 is 11.6 Å². The van der Waals surface area contributed by atoms with Crippen LogP contribution < -0.4 is 19.9 Å². The first-order valence-electron chi connectivity index (χ1n) is 8.08. The van der Waals surface area contributed by atoms with Crippen LogP contribution in [0.5, 0.6) is 11.5 Å². The Morgan fingerprint density at radius 3 is 2.63 bits per heavy atom. The maximum absolute atomic E-state index is 12.6. The Morgan fingerprint density at radius 2 is 1.96 bits per heavy atom. The third-order valence-corrected chi connectivity index (χ3v) is 4.09. The highest BCUT2D eigenvalue weighted by atomic mass is 35.5. The summed E-state index contributed by atoms with van der Waals surface area (Å²) in [5.41, 5.74) is 3.66. The number of nitrogens with zero attached hydrogens (tertiary/aromatic N) is 1. The Kier molecular flexibility index (Phi) is 5.47. The van der Waals surface area contributed by atoms with Gasteiger partial charge in [0.15, 0.2) is 11.5 Å². The molecule has 1 saturated heterocycles. The molecular weight excluding hydrogens is 368 g/mol. The topological polar surface area (TPSA) is 67.9 Å². The Hall–Kier alpha value is -3.25. The molecule has 0 atom stereocenters. The lowest BCUT2D eigenvalue weighted by Gasteiger charge is -2.14. The second-order valence-corrected chi connectivity index (χ2v) is 6.02. The number of benzene rings is 2. The first-order chi connectivity index (χ1) is 13.0. The summed E-state index contributed by atoms with van der Waals surface area (Å²) >= 11 is 6.27. The first kappa shape index (κ1) is 18.5. The van der Waals surface area contributed by atoms with Gasteiger partial charge in [-0.1, -0.05) is 42.5 Å². The standard InChI is InChI=1S/C20H17ClN2O4/c1-3-9-27-18-16(21)11-13(12-17(18)26-2)10-15-19(24)22-23(20(15)25)14-7-5-4-6-8-14/h3-8,10-12H,1,9H2,2H3,(H,22,24). The molecule has 0 aliphatic carbocycles. The average molecular weight is 385 g/mol. The zero-order valence-electron chi connectivity index (χ0n) is 14.6. The molecule has 2 aromatic rings. The molecule has 3 rings (SSSR count). The van der Waals surface area contributed by atoms with Gasteiger partial charge in [-0.2, -0.15) is 0 Å². The molecule has 0 aromatic heterocycles. The molecule has 1 aliphatic rings. The van der Waals surface area contributed by atoms with Crippen LogP contribution in [0.2, 0.25) is 5.02 Å². The molecule has 0 spiro atoms. The third kappa shape index (κ3) is 3.80. The number of halogens is 1. The van der Waals surface area contributed by atoms with E-state index in [2.05, 4.69) is 12.0 Å². The smallest absolute Gasteiger partial charge is 0.282 e. The molecule has 6 nitrogen and oxygen atoms in total. The molecule has 1 aliphatic heterocycles. The molecule has 1 fully saturated rings. The van der Waals surface area contributed by atoms with Crippen LogP contribution in [0.4, 0.5) is 5.69 Å². The Morgan fingerprint density at radius 1 is 1.22 bits per heavy atom. The second kappa shape index (κ2) is 7.97. The molecule has 2 aromatic carbocycles. The van der Waals surface area contributed by atoms with Gasteiger partial charge in [-0.3, -0.25) is 15.0 Å². The van der Waals surface area contributed by atoms with E-state index in [0.29, 0.717) is 27.8 Å². The van der Waals surface area contributed by atoms with Gasteiger partial charge in [0.2, 0.25) is 0 Å². The fraction of sp³-hybridized carbons (Fsp3) is 0.100. The summed E-state index contributed by atoms with van der Waals surface area (Å²) in [5.74, 6) is -0.185. The van der Waals surface area contributed by atoms with Crippen molar-refractivity contribution < 1.29 is 19.1 Å². The SMILES string of the molecule is C=CCOc1c(Cl)cc(C=C2C(=O)NN(c3ccccc3)C2=O)cc1OC. The molecule has 0 saturated carbocycles. The van der Waals surface area contributed by atoms with Crippen molar-refractivity contribution in [2.75, 3.05) is 18.7 Å². The van der Waals surface area contributed by atoms with Crippen molar-refractivity contribution in [2.45, 2.75) is 0 Å². The lowest BCUT2D eigenvalue weighted by atomic mass is 10.1. The number of hydrazine groups is 1. The van der Waals surface area contributed by atoms with E-state index in [1.807, 2.05) is 6.07 Å². The van der Waals surface area contributed by atoms with Crippen molar-refractivity contribution in [1.29, 1.82) is 0 Å². The van der Waals surface area contributed by atoms with E-state index in [9.17, 15) is 9.59 Å². The van der Waals surface area contributed by atoms with Gasteiger partial charge in [-0.25, -0.2) is 5.01 Å². The zero-order chi connectivity index (χ0) is 19.4. The summed E-state index contributed by atoms with van der Waals surface area (Å²) in [6, 6.07) is 12.1. The summed E-state index contributed by atoms with van der Waals surface area (Å²) in [6.45, 7) is 3.86. The first-order valence-corrected chi connectivity index (χ1v) is 8.46. The molecule has 1 N–H and O–H groups in total. The average Bonchev–Trinajstić information content (AvgIpc) is 2.95. The van der Waals surface area contributed by atoms with Gasteiger partial charge in [-0.15, -0.1) is 0 Å². The number of carbonyl (C=O) groups excluding carboxylic acids is 2. The van der Waals surface area contributed by atoms with Gasteiger partial charge >= 0.3 is 0 Å². The van der Waals surface area contributed by atoms with Crippen molar-refractivity contribution in [2.24, 2.45) is 0 Å². The molecule has 138 valence electrons. The lowest BCUT2D eigenvalue weighted by Crippen LogP contribution is -2.35. The fourth-order valence-corrected chi connectivity index (χ4v) is 2.86. The van der Waals surface area contributed by atoms with Gasteiger partial charge in [0, 0.05) is 0 Å². The maximum Gasteiger partial charge on any atom is 0.282 e. The van der Waals surface area contributed by atoms with E-state index in [1.54, 1.807) is 42.5 Å². The maximum atomic E-state index is 12.6. The number of nitrogens with one attached hydrogen (secondary N) is 1. The number of para-hydroxylation sites is 1. The molecular formula is C20H17ClN2O4. The van der Waals surface area contributed by atoms with E-state index in [1.165, 1.54) is 18.2 Å². The van der Waals surface area contributed by atoms with Crippen molar-refractivity contribution >= 4 is 35.2 Å². The van der Waals surface area contributed by atoms with Crippen molar-refractivity contribution in [1.82, 2.24) is 5.43 Å². The van der Waals surface area contributed by atoms with E-state index in [0.717, 1.165) is 0 Å². The Balaban J connectivity index is 1.94. The van der Waals surface area contributed by atoms with Crippen LogP contribution in [0.3, 0.4) is 0 Å². The molecule has 2 amide bonds. The normalized spacial score (nSPS) is 15.0. The van der Waals surface area contributed by atoms with Crippen LogP contribution in [-0.2, 0) is 9.59 Å². The number of hydrogen-bond donors (Lipinski definition) is 1. The largest absolute Gasteiger partial charge is 0.493 e. The lowest BCUT2D eigenvalue weighted by molar-refractivity contribution is -0.117. The van der Waals surface area contributed by atoms with Gasteiger partial charge in [-0.05, 0) is 35.9 Å². The molecule has 0 unspecified atom stereocenters. The highest BCUT2D eigenvalue weighted by Gasteiger charge is 2.34. The molecule has 27 heavy (non-hydrogen) atoms. The number of anilines is 1. The summed E-state index contributed by atoms with van der Waals surface area (Å²) in [7, 11) is 1.48. The molecule has 0 bridgehead atoms.